The van der Waals surface area contributed by atoms with Crippen LogP contribution in [0.25, 0.3) is 0 Å². The van der Waals surface area contributed by atoms with Crippen molar-refractivity contribution in [2.45, 2.75) is 52.7 Å². The van der Waals surface area contributed by atoms with Crippen molar-refractivity contribution in [1.82, 2.24) is 0 Å². The predicted octanol–water partition coefficient (Wildman–Crippen LogP) is 2.39. The summed E-state index contributed by atoms with van der Waals surface area (Å²) in [6, 6.07) is 0. The molecule has 0 aromatic rings. The minimum atomic E-state index is -0.221. The zero-order valence-electron chi connectivity index (χ0n) is 10.1. The van der Waals surface area contributed by atoms with Gasteiger partial charge in [0.05, 0.1) is 24.7 Å². The third-order valence-corrected chi connectivity index (χ3v) is 2.05. The van der Waals surface area contributed by atoms with Crippen molar-refractivity contribution in [3.05, 3.63) is 0 Å². The van der Waals surface area contributed by atoms with E-state index in [9.17, 15) is 4.79 Å². The highest BCUT2D eigenvalue weighted by Crippen LogP contribution is 2.19. The molecule has 0 saturated carbocycles. The predicted molar refractivity (Wildman–Crippen MR) is 56.1 cm³/mol. The number of ether oxygens (including phenoxy) is 2. The monoisotopic (exact) mass is 202 g/mol. The van der Waals surface area contributed by atoms with Crippen LogP contribution in [0.5, 0.6) is 0 Å². The molecule has 84 valence electrons. The maximum absolute atomic E-state index is 11.4. The summed E-state index contributed by atoms with van der Waals surface area (Å²) in [5.41, 5.74) is -0.221. The third-order valence-electron chi connectivity index (χ3n) is 2.05. The molecule has 0 unspecified atom stereocenters. The first kappa shape index (κ1) is 13.4. The second kappa shape index (κ2) is 5.35. The minimum Gasteiger partial charge on any atom is -0.469 e. The number of esters is 1. The van der Waals surface area contributed by atoms with E-state index in [4.69, 9.17) is 9.47 Å². The summed E-state index contributed by atoms with van der Waals surface area (Å²) < 4.78 is 10.4. The fourth-order valence-electron chi connectivity index (χ4n) is 1.48. The van der Waals surface area contributed by atoms with Crippen LogP contribution < -0.4 is 0 Å². The molecule has 0 spiro atoms. The van der Waals surface area contributed by atoms with Crippen LogP contribution in [0.15, 0.2) is 0 Å². The second-order valence-corrected chi connectivity index (χ2v) is 4.47. The molecule has 0 aliphatic rings. The Morgan fingerprint density at radius 1 is 1.36 bits per heavy atom. The molecule has 0 aliphatic carbocycles. The largest absolute Gasteiger partial charge is 0.469 e. The highest BCUT2D eigenvalue weighted by molar-refractivity contribution is 5.72. The Kier molecular flexibility index (Phi) is 5.13. The quantitative estimate of drug-likeness (QED) is 0.657. The van der Waals surface area contributed by atoms with Gasteiger partial charge in [0, 0.05) is 0 Å². The van der Waals surface area contributed by atoms with Crippen LogP contribution in [-0.2, 0) is 14.3 Å². The highest BCUT2D eigenvalue weighted by atomic mass is 16.5. The van der Waals surface area contributed by atoms with E-state index in [0.29, 0.717) is 0 Å². The molecule has 0 heterocycles. The molecule has 0 amide bonds. The summed E-state index contributed by atoms with van der Waals surface area (Å²) in [7, 11) is 1.41. The van der Waals surface area contributed by atoms with Gasteiger partial charge in [-0.15, -0.1) is 0 Å². The molecule has 0 aromatic carbocycles. The number of rotatable bonds is 4. The number of carbonyl (C=O) groups is 1. The first-order valence-electron chi connectivity index (χ1n) is 5.07. The van der Waals surface area contributed by atoms with Crippen LogP contribution in [0.2, 0.25) is 0 Å². The van der Waals surface area contributed by atoms with E-state index in [1.807, 2.05) is 34.6 Å². The molecule has 0 aromatic heterocycles. The van der Waals surface area contributed by atoms with Crippen molar-refractivity contribution in [3.63, 3.8) is 0 Å². The van der Waals surface area contributed by atoms with Crippen molar-refractivity contribution in [2.75, 3.05) is 7.11 Å². The first-order chi connectivity index (χ1) is 6.31. The van der Waals surface area contributed by atoms with Crippen molar-refractivity contribution < 1.29 is 14.3 Å². The molecular weight excluding hydrogens is 180 g/mol. The van der Waals surface area contributed by atoms with Crippen LogP contribution in [-0.4, -0.2) is 24.8 Å². The summed E-state index contributed by atoms with van der Waals surface area (Å²) in [6.45, 7) is 9.81. The van der Waals surface area contributed by atoms with Gasteiger partial charge in [-0.25, -0.2) is 0 Å². The summed E-state index contributed by atoms with van der Waals surface area (Å²) >= 11 is 0. The van der Waals surface area contributed by atoms with Gasteiger partial charge in [-0.05, 0) is 34.1 Å². The van der Waals surface area contributed by atoms with Crippen LogP contribution in [0.3, 0.4) is 0 Å². The summed E-state index contributed by atoms with van der Waals surface area (Å²) in [4.78, 5) is 11.4. The van der Waals surface area contributed by atoms with Crippen molar-refractivity contribution in [1.29, 1.82) is 0 Å². The van der Waals surface area contributed by atoms with Gasteiger partial charge >= 0.3 is 5.97 Å². The molecule has 0 radical (unpaired) electrons. The molecule has 2 atom stereocenters. The number of hydrogen-bond acceptors (Lipinski definition) is 3. The van der Waals surface area contributed by atoms with Crippen LogP contribution in [0.1, 0.15) is 41.0 Å². The second-order valence-electron chi connectivity index (χ2n) is 4.47. The average Bonchev–Trinajstić information content (AvgIpc) is 2.01. The Hall–Kier alpha value is -0.570. The molecule has 0 aliphatic heterocycles. The van der Waals surface area contributed by atoms with Gasteiger partial charge in [-0.2, -0.15) is 0 Å². The number of methoxy groups -OCH3 is 1. The Morgan fingerprint density at radius 3 is 2.14 bits per heavy atom. The number of carbonyl (C=O) groups excluding carboxylic acids is 1. The van der Waals surface area contributed by atoms with Gasteiger partial charge in [0.1, 0.15) is 0 Å². The number of hydrogen-bond donors (Lipinski definition) is 0. The molecule has 0 saturated heterocycles. The first-order valence-corrected chi connectivity index (χ1v) is 5.07. The summed E-state index contributed by atoms with van der Waals surface area (Å²) in [6.07, 6.45) is 0.636. The Bertz CT molecular complexity index is 181. The maximum atomic E-state index is 11.4. The minimum absolute atomic E-state index is 0.104. The molecule has 0 bridgehead atoms. The fraction of sp³-hybridized carbons (Fsp3) is 0.909. The van der Waals surface area contributed by atoms with E-state index in [1.54, 1.807) is 0 Å². The molecule has 14 heavy (non-hydrogen) atoms. The van der Waals surface area contributed by atoms with Gasteiger partial charge in [0.25, 0.3) is 0 Å². The Balaban J connectivity index is 4.32. The topological polar surface area (TPSA) is 35.5 Å². The van der Waals surface area contributed by atoms with Crippen molar-refractivity contribution in [2.24, 2.45) is 5.92 Å². The van der Waals surface area contributed by atoms with E-state index in [0.717, 1.165) is 6.42 Å². The smallest absolute Gasteiger partial charge is 0.311 e. The maximum Gasteiger partial charge on any atom is 0.311 e. The molecule has 3 heteroatoms. The van der Waals surface area contributed by atoms with E-state index >= 15 is 0 Å². The average molecular weight is 202 g/mol. The zero-order chi connectivity index (χ0) is 11.4. The fourth-order valence-corrected chi connectivity index (χ4v) is 1.48. The molecule has 0 N–H and O–H groups in total. The van der Waals surface area contributed by atoms with E-state index in [2.05, 4.69) is 0 Å². The van der Waals surface area contributed by atoms with Gasteiger partial charge < -0.3 is 9.47 Å². The normalized spacial score (nSPS) is 16.1. The highest BCUT2D eigenvalue weighted by Gasteiger charge is 2.28. The SMILES string of the molecule is CC[C@H](C(=O)OC)[C@@H](C)OC(C)(C)C. The van der Waals surface area contributed by atoms with Crippen LogP contribution >= 0.6 is 0 Å². The molecular formula is C11H22O3. The van der Waals surface area contributed by atoms with E-state index in [1.165, 1.54) is 7.11 Å². The lowest BCUT2D eigenvalue weighted by Crippen LogP contribution is -2.35. The molecule has 0 rings (SSSR count). The van der Waals surface area contributed by atoms with E-state index in [-0.39, 0.29) is 23.6 Å². The van der Waals surface area contributed by atoms with Crippen molar-refractivity contribution in [3.8, 4) is 0 Å². The lowest BCUT2D eigenvalue weighted by molar-refractivity contribution is -0.155. The lowest BCUT2D eigenvalue weighted by Gasteiger charge is -2.28. The van der Waals surface area contributed by atoms with Crippen molar-refractivity contribution >= 4 is 5.97 Å². The summed E-state index contributed by atoms with van der Waals surface area (Å²) in [5, 5.41) is 0. The standard InChI is InChI=1S/C11H22O3/c1-7-9(10(12)13-6)8(2)14-11(3,4)5/h8-9H,7H2,1-6H3/t8-,9+/m1/s1. The van der Waals surface area contributed by atoms with Gasteiger partial charge in [-0.3, -0.25) is 4.79 Å². The molecule has 0 fully saturated rings. The van der Waals surface area contributed by atoms with Gasteiger partial charge in [-0.1, -0.05) is 6.92 Å². The third kappa shape index (κ3) is 4.61. The van der Waals surface area contributed by atoms with Crippen LogP contribution in [0.4, 0.5) is 0 Å². The van der Waals surface area contributed by atoms with Gasteiger partial charge in [0.15, 0.2) is 0 Å². The summed E-state index contributed by atoms with van der Waals surface area (Å²) in [5.74, 6) is -0.358. The lowest BCUT2D eigenvalue weighted by atomic mass is 10.00. The van der Waals surface area contributed by atoms with Crippen LogP contribution in [0, 0.1) is 5.92 Å². The van der Waals surface area contributed by atoms with Gasteiger partial charge in [0.2, 0.25) is 0 Å². The Labute approximate surface area is 86.8 Å². The molecule has 3 nitrogen and oxygen atoms in total. The Morgan fingerprint density at radius 2 is 1.86 bits per heavy atom. The zero-order valence-corrected chi connectivity index (χ0v) is 10.1. The van der Waals surface area contributed by atoms with E-state index < -0.39 is 0 Å².